The SMILES string of the molecule is CN1CCN(C(=S)NC(=O)/C=C/c2ccccc2Cl)CC1. The number of thiocarbonyl (C=S) groups is 1. The fourth-order valence-electron chi connectivity index (χ4n) is 2.01. The summed E-state index contributed by atoms with van der Waals surface area (Å²) in [5.74, 6) is -0.237. The largest absolute Gasteiger partial charge is 0.346 e. The zero-order valence-corrected chi connectivity index (χ0v) is 13.5. The number of hydrogen-bond donors (Lipinski definition) is 1. The molecule has 0 spiro atoms. The van der Waals surface area contributed by atoms with Crippen LogP contribution in [0.4, 0.5) is 0 Å². The summed E-state index contributed by atoms with van der Waals surface area (Å²) in [4.78, 5) is 16.1. The number of piperazine rings is 1. The molecule has 1 N–H and O–H groups in total. The minimum absolute atomic E-state index is 0.237. The van der Waals surface area contributed by atoms with Crippen LogP contribution in [0, 0.1) is 0 Å². The summed E-state index contributed by atoms with van der Waals surface area (Å²) in [6, 6.07) is 7.36. The minimum Gasteiger partial charge on any atom is -0.346 e. The highest BCUT2D eigenvalue weighted by molar-refractivity contribution is 7.80. The van der Waals surface area contributed by atoms with Crippen molar-refractivity contribution < 1.29 is 4.79 Å². The highest BCUT2D eigenvalue weighted by Crippen LogP contribution is 2.16. The van der Waals surface area contributed by atoms with Gasteiger partial charge in [-0.1, -0.05) is 29.8 Å². The molecule has 1 fully saturated rings. The summed E-state index contributed by atoms with van der Waals surface area (Å²) in [6.07, 6.45) is 3.13. The molecule has 0 bridgehead atoms. The molecule has 21 heavy (non-hydrogen) atoms. The summed E-state index contributed by atoms with van der Waals surface area (Å²) in [6.45, 7) is 3.57. The van der Waals surface area contributed by atoms with Gasteiger partial charge in [0.2, 0.25) is 5.91 Å². The first kappa shape index (κ1) is 15.9. The van der Waals surface area contributed by atoms with Crippen LogP contribution in [0.5, 0.6) is 0 Å². The van der Waals surface area contributed by atoms with Gasteiger partial charge in [-0.15, -0.1) is 0 Å². The Hall–Kier alpha value is -1.43. The maximum atomic E-state index is 11.9. The van der Waals surface area contributed by atoms with Gasteiger partial charge in [-0.2, -0.15) is 0 Å². The number of benzene rings is 1. The number of carbonyl (C=O) groups excluding carboxylic acids is 1. The van der Waals surface area contributed by atoms with E-state index in [-0.39, 0.29) is 5.91 Å². The van der Waals surface area contributed by atoms with Crippen LogP contribution in [0.15, 0.2) is 30.3 Å². The van der Waals surface area contributed by atoms with Crippen molar-refractivity contribution in [3.8, 4) is 0 Å². The third-order valence-corrected chi connectivity index (χ3v) is 4.04. The van der Waals surface area contributed by atoms with Gasteiger partial charge in [-0.3, -0.25) is 10.1 Å². The van der Waals surface area contributed by atoms with Crippen molar-refractivity contribution in [1.29, 1.82) is 0 Å². The number of halogens is 1. The van der Waals surface area contributed by atoms with Gasteiger partial charge >= 0.3 is 0 Å². The molecular formula is C15H18ClN3OS. The molecule has 0 aromatic heterocycles. The van der Waals surface area contributed by atoms with E-state index in [2.05, 4.69) is 17.3 Å². The molecule has 1 aromatic carbocycles. The predicted molar refractivity (Wildman–Crippen MR) is 90.3 cm³/mol. The van der Waals surface area contributed by atoms with Gasteiger partial charge in [0.25, 0.3) is 0 Å². The van der Waals surface area contributed by atoms with Crippen LogP contribution >= 0.6 is 23.8 Å². The zero-order valence-electron chi connectivity index (χ0n) is 11.9. The summed E-state index contributed by atoms with van der Waals surface area (Å²) in [7, 11) is 2.07. The molecule has 1 aliphatic rings. The monoisotopic (exact) mass is 323 g/mol. The average molecular weight is 324 g/mol. The Balaban J connectivity index is 1.87. The van der Waals surface area contributed by atoms with E-state index >= 15 is 0 Å². The van der Waals surface area contributed by atoms with Gasteiger partial charge in [0, 0.05) is 37.3 Å². The fourth-order valence-corrected chi connectivity index (χ4v) is 2.49. The van der Waals surface area contributed by atoms with Crippen molar-refractivity contribution >= 4 is 40.9 Å². The quantitative estimate of drug-likeness (QED) is 0.667. The number of likely N-dealkylation sites (N-methyl/N-ethyl adjacent to an activating group) is 1. The molecule has 1 aliphatic heterocycles. The molecule has 1 heterocycles. The average Bonchev–Trinajstić information content (AvgIpc) is 2.47. The molecule has 0 saturated carbocycles. The minimum atomic E-state index is -0.237. The highest BCUT2D eigenvalue weighted by atomic mass is 35.5. The third-order valence-electron chi connectivity index (χ3n) is 3.34. The Morgan fingerprint density at radius 2 is 1.95 bits per heavy atom. The van der Waals surface area contributed by atoms with Crippen LogP contribution in [0.3, 0.4) is 0 Å². The molecule has 0 aliphatic carbocycles. The van der Waals surface area contributed by atoms with Gasteiger partial charge in [-0.05, 0) is 37.0 Å². The molecule has 1 amide bonds. The second-order valence-electron chi connectivity index (χ2n) is 4.94. The van der Waals surface area contributed by atoms with E-state index in [0.29, 0.717) is 10.1 Å². The summed E-state index contributed by atoms with van der Waals surface area (Å²) in [5, 5.41) is 3.82. The second kappa shape index (κ2) is 7.54. The maximum Gasteiger partial charge on any atom is 0.250 e. The second-order valence-corrected chi connectivity index (χ2v) is 5.73. The van der Waals surface area contributed by atoms with Gasteiger partial charge in [0.1, 0.15) is 0 Å². The summed E-state index contributed by atoms with van der Waals surface area (Å²) >= 11 is 11.3. The molecule has 0 unspecified atom stereocenters. The number of hydrogen-bond acceptors (Lipinski definition) is 3. The van der Waals surface area contributed by atoms with Crippen molar-refractivity contribution in [3.63, 3.8) is 0 Å². The molecule has 6 heteroatoms. The van der Waals surface area contributed by atoms with Crippen LogP contribution in [0.1, 0.15) is 5.56 Å². The predicted octanol–water partition coefficient (Wildman–Crippen LogP) is 2.00. The lowest BCUT2D eigenvalue weighted by atomic mass is 10.2. The van der Waals surface area contributed by atoms with Gasteiger partial charge in [-0.25, -0.2) is 0 Å². The fraction of sp³-hybridized carbons (Fsp3) is 0.333. The maximum absolute atomic E-state index is 11.9. The Kier molecular flexibility index (Phi) is 5.73. The van der Waals surface area contributed by atoms with E-state index in [1.165, 1.54) is 6.08 Å². The molecule has 0 radical (unpaired) electrons. The van der Waals surface area contributed by atoms with E-state index in [0.717, 1.165) is 31.7 Å². The Morgan fingerprint density at radius 1 is 1.29 bits per heavy atom. The van der Waals surface area contributed by atoms with E-state index in [9.17, 15) is 4.79 Å². The molecule has 1 aromatic rings. The van der Waals surface area contributed by atoms with Crippen molar-refractivity contribution in [2.75, 3.05) is 33.2 Å². The number of amides is 1. The van der Waals surface area contributed by atoms with E-state index in [4.69, 9.17) is 23.8 Å². The number of rotatable bonds is 2. The van der Waals surface area contributed by atoms with Gasteiger partial charge in [0.05, 0.1) is 0 Å². The summed E-state index contributed by atoms with van der Waals surface area (Å²) < 4.78 is 0. The van der Waals surface area contributed by atoms with Gasteiger partial charge < -0.3 is 9.80 Å². The Morgan fingerprint density at radius 3 is 2.62 bits per heavy atom. The van der Waals surface area contributed by atoms with Crippen LogP contribution in [-0.4, -0.2) is 54.0 Å². The van der Waals surface area contributed by atoms with Gasteiger partial charge in [0.15, 0.2) is 5.11 Å². The van der Waals surface area contributed by atoms with Crippen molar-refractivity contribution in [2.45, 2.75) is 0 Å². The van der Waals surface area contributed by atoms with Crippen LogP contribution in [0.2, 0.25) is 5.02 Å². The van der Waals surface area contributed by atoms with Crippen LogP contribution in [0.25, 0.3) is 6.08 Å². The van der Waals surface area contributed by atoms with E-state index < -0.39 is 0 Å². The number of carbonyl (C=O) groups is 1. The van der Waals surface area contributed by atoms with Crippen molar-refractivity contribution in [1.82, 2.24) is 15.1 Å². The highest BCUT2D eigenvalue weighted by Gasteiger charge is 2.16. The molecule has 0 atom stereocenters. The smallest absolute Gasteiger partial charge is 0.250 e. The molecule has 4 nitrogen and oxygen atoms in total. The lowest BCUT2D eigenvalue weighted by molar-refractivity contribution is -0.115. The topological polar surface area (TPSA) is 35.6 Å². The number of nitrogens with zero attached hydrogens (tertiary/aromatic N) is 2. The lowest BCUT2D eigenvalue weighted by Gasteiger charge is -2.33. The van der Waals surface area contributed by atoms with Crippen LogP contribution in [-0.2, 0) is 4.79 Å². The molecule has 2 rings (SSSR count). The van der Waals surface area contributed by atoms with E-state index in [1.807, 2.05) is 23.1 Å². The first-order valence-corrected chi connectivity index (χ1v) is 7.56. The Labute approximate surface area is 135 Å². The molecular weight excluding hydrogens is 306 g/mol. The van der Waals surface area contributed by atoms with Crippen LogP contribution < -0.4 is 5.32 Å². The number of nitrogens with one attached hydrogen (secondary N) is 1. The normalized spacial score (nSPS) is 16.2. The standard InChI is InChI=1S/C15H18ClN3OS/c1-18-8-10-19(11-9-18)15(21)17-14(20)7-6-12-4-2-3-5-13(12)16/h2-7H,8-11H2,1H3,(H,17,20,21)/b7-6+. The lowest BCUT2D eigenvalue weighted by Crippen LogP contribution is -2.51. The van der Waals surface area contributed by atoms with Crippen molar-refractivity contribution in [2.24, 2.45) is 0 Å². The van der Waals surface area contributed by atoms with E-state index in [1.54, 1.807) is 12.1 Å². The third kappa shape index (κ3) is 4.81. The van der Waals surface area contributed by atoms with Crippen molar-refractivity contribution in [3.05, 3.63) is 40.9 Å². The molecule has 1 saturated heterocycles. The summed E-state index contributed by atoms with van der Waals surface area (Å²) in [5.41, 5.74) is 0.805. The Bertz CT molecular complexity index is 554. The first-order chi connectivity index (χ1) is 10.1. The zero-order chi connectivity index (χ0) is 15.2. The first-order valence-electron chi connectivity index (χ1n) is 6.77. The molecule has 112 valence electrons.